The van der Waals surface area contributed by atoms with Crippen LogP contribution in [0.2, 0.25) is 0 Å². The first-order valence-corrected chi connectivity index (χ1v) is 7.60. The van der Waals surface area contributed by atoms with Gasteiger partial charge in [-0.3, -0.25) is 0 Å². The minimum atomic E-state index is -0.0822. The Hall–Kier alpha value is -0.800. The van der Waals surface area contributed by atoms with E-state index in [0.717, 1.165) is 38.8 Å². The molecule has 1 atom stereocenters. The van der Waals surface area contributed by atoms with Crippen LogP contribution in [0.15, 0.2) is 23.0 Å². The Labute approximate surface area is 117 Å². The quantitative estimate of drug-likeness (QED) is 0.700. The van der Waals surface area contributed by atoms with Crippen LogP contribution >= 0.6 is 0 Å². The summed E-state index contributed by atoms with van der Waals surface area (Å²) in [6, 6.07) is 2.38. The molecular formula is C16H29NO2. The van der Waals surface area contributed by atoms with E-state index in [4.69, 9.17) is 9.15 Å². The van der Waals surface area contributed by atoms with Gasteiger partial charge in [-0.2, -0.15) is 0 Å². The maximum Gasteiger partial charge on any atom is 0.0935 e. The third kappa shape index (κ3) is 4.36. The maximum absolute atomic E-state index is 6.14. The van der Waals surface area contributed by atoms with Crippen molar-refractivity contribution in [2.75, 3.05) is 13.2 Å². The van der Waals surface area contributed by atoms with E-state index >= 15 is 0 Å². The highest BCUT2D eigenvalue weighted by atomic mass is 16.5. The highest BCUT2D eigenvalue weighted by molar-refractivity contribution is 5.10. The van der Waals surface area contributed by atoms with Gasteiger partial charge in [0.25, 0.3) is 0 Å². The average molecular weight is 267 g/mol. The van der Waals surface area contributed by atoms with Gasteiger partial charge in [0.15, 0.2) is 0 Å². The molecule has 1 rings (SSSR count). The largest absolute Gasteiger partial charge is 0.472 e. The summed E-state index contributed by atoms with van der Waals surface area (Å²) in [5.74, 6) is 0. The third-order valence-electron chi connectivity index (χ3n) is 3.92. The molecular weight excluding hydrogens is 238 g/mol. The zero-order chi connectivity index (χ0) is 14.1. The number of ether oxygens (including phenoxy) is 1. The van der Waals surface area contributed by atoms with Crippen molar-refractivity contribution in [1.29, 1.82) is 0 Å². The molecule has 0 radical (unpaired) electrons. The number of nitrogens with one attached hydrogen (secondary N) is 1. The molecule has 0 aromatic carbocycles. The topological polar surface area (TPSA) is 34.4 Å². The molecule has 19 heavy (non-hydrogen) atoms. The van der Waals surface area contributed by atoms with Crippen molar-refractivity contribution in [2.45, 2.75) is 65.0 Å². The molecule has 0 bridgehead atoms. The molecule has 0 saturated carbocycles. The number of hydrogen-bond acceptors (Lipinski definition) is 3. The fraction of sp³-hybridized carbons (Fsp3) is 0.750. The summed E-state index contributed by atoms with van der Waals surface area (Å²) >= 11 is 0. The fourth-order valence-corrected chi connectivity index (χ4v) is 2.74. The van der Waals surface area contributed by atoms with E-state index in [1.54, 1.807) is 6.26 Å². The Kier molecular flexibility index (Phi) is 7.17. The van der Waals surface area contributed by atoms with Gasteiger partial charge in [0.05, 0.1) is 18.1 Å². The van der Waals surface area contributed by atoms with E-state index in [2.05, 4.69) is 33.0 Å². The molecule has 1 N–H and O–H groups in total. The van der Waals surface area contributed by atoms with Gasteiger partial charge in [0, 0.05) is 12.6 Å². The number of hydrogen-bond donors (Lipinski definition) is 1. The summed E-state index contributed by atoms with van der Waals surface area (Å²) in [6.45, 7) is 10.5. The minimum Gasteiger partial charge on any atom is -0.472 e. The Bertz CT molecular complexity index is 317. The van der Waals surface area contributed by atoms with Gasteiger partial charge in [-0.25, -0.2) is 0 Å². The standard InChI is InChI=1S/C16H29NO2/c1-5-10-17-15(12-14-9-11-18-13-14)16(6-2,7-3)19-8-4/h9,11,13,15,17H,5-8,10,12H2,1-4H3. The zero-order valence-corrected chi connectivity index (χ0v) is 12.9. The first kappa shape index (κ1) is 16.3. The van der Waals surface area contributed by atoms with Crippen molar-refractivity contribution >= 4 is 0 Å². The number of rotatable bonds is 10. The van der Waals surface area contributed by atoms with Gasteiger partial charge in [-0.15, -0.1) is 0 Å². The predicted octanol–water partition coefficient (Wildman–Crippen LogP) is 3.79. The van der Waals surface area contributed by atoms with E-state index in [1.807, 2.05) is 12.3 Å². The Morgan fingerprint density at radius 2 is 2.00 bits per heavy atom. The molecule has 0 aliphatic carbocycles. The minimum absolute atomic E-state index is 0.0822. The monoisotopic (exact) mass is 267 g/mol. The van der Waals surface area contributed by atoms with Gasteiger partial charge in [0.2, 0.25) is 0 Å². The van der Waals surface area contributed by atoms with Crippen LogP contribution in [0.5, 0.6) is 0 Å². The smallest absolute Gasteiger partial charge is 0.0935 e. The first-order chi connectivity index (χ1) is 9.22. The van der Waals surface area contributed by atoms with E-state index in [9.17, 15) is 0 Å². The van der Waals surface area contributed by atoms with Crippen LogP contribution in [-0.2, 0) is 11.2 Å². The van der Waals surface area contributed by atoms with Gasteiger partial charge in [0.1, 0.15) is 0 Å². The van der Waals surface area contributed by atoms with Crippen LogP contribution in [0.4, 0.5) is 0 Å². The van der Waals surface area contributed by atoms with Crippen LogP contribution in [0.3, 0.4) is 0 Å². The average Bonchev–Trinajstić information content (AvgIpc) is 2.94. The molecule has 0 aliphatic rings. The molecule has 0 aliphatic heterocycles. The molecule has 3 heteroatoms. The summed E-state index contributed by atoms with van der Waals surface area (Å²) in [4.78, 5) is 0. The molecule has 0 fully saturated rings. The van der Waals surface area contributed by atoms with E-state index in [0.29, 0.717) is 6.04 Å². The molecule has 0 saturated heterocycles. The lowest BCUT2D eigenvalue weighted by Gasteiger charge is -2.40. The molecule has 0 spiro atoms. The highest BCUT2D eigenvalue weighted by Crippen LogP contribution is 2.27. The van der Waals surface area contributed by atoms with Gasteiger partial charge in [-0.05, 0) is 50.8 Å². The van der Waals surface area contributed by atoms with E-state index < -0.39 is 0 Å². The summed E-state index contributed by atoms with van der Waals surface area (Å²) in [5.41, 5.74) is 1.15. The van der Waals surface area contributed by atoms with Crippen molar-refractivity contribution in [3.8, 4) is 0 Å². The summed E-state index contributed by atoms with van der Waals surface area (Å²) in [7, 11) is 0. The van der Waals surface area contributed by atoms with Gasteiger partial charge < -0.3 is 14.5 Å². The SMILES string of the molecule is CCCNC(Cc1ccoc1)C(CC)(CC)OCC. The van der Waals surface area contributed by atoms with Crippen molar-refractivity contribution in [2.24, 2.45) is 0 Å². The normalized spacial score (nSPS) is 13.7. The molecule has 3 nitrogen and oxygen atoms in total. The third-order valence-corrected chi connectivity index (χ3v) is 3.92. The zero-order valence-electron chi connectivity index (χ0n) is 12.9. The van der Waals surface area contributed by atoms with Crippen molar-refractivity contribution in [1.82, 2.24) is 5.32 Å². The van der Waals surface area contributed by atoms with Crippen molar-refractivity contribution in [3.63, 3.8) is 0 Å². The van der Waals surface area contributed by atoms with E-state index in [1.165, 1.54) is 5.56 Å². The molecule has 1 aromatic rings. The summed E-state index contributed by atoms with van der Waals surface area (Å²) in [6.07, 6.45) is 7.72. The van der Waals surface area contributed by atoms with Gasteiger partial charge >= 0.3 is 0 Å². The Morgan fingerprint density at radius 1 is 1.26 bits per heavy atom. The molecule has 1 unspecified atom stereocenters. The molecule has 110 valence electrons. The Morgan fingerprint density at radius 3 is 2.47 bits per heavy atom. The lowest BCUT2D eigenvalue weighted by atomic mass is 9.84. The second-order valence-corrected chi connectivity index (χ2v) is 5.05. The number of furan rings is 1. The van der Waals surface area contributed by atoms with Crippen LogP contribution < -0.4 is 5.32 Å². The maximum atomic E-state index is 6.14. The highest BCUT2D eigenvalue weighted by Gasteiger charge is 2.36. The summed E-state index contributed by atoms with van der Waals surface area (Å²) in [5, 5.41) is 3.67. The lowest BCUT2D eigenvalue weighted by Crippen LogP contribution is -2.53. The van der Waals surface area contributed by atoms with Crippen LogP contribution in [0.25, 0.3) is 0 Å². The fourth-order valence-electron chi connectivity index (χ4n) is 2.74. The van der Waals surface area contributed by atoms with Crippen molar-refractivity contribution in [3.05, 3.63) is 24.2 Å². The second-order valence-electron chi connectivity index (χ2n) is 5.05. The van der Waals surface area contributed by atoms with E-state index in [-0.39, 0.29) is 5.60 Å². The molecule has 1 heterocycles. The molecule has 1 aromatic heterocycles. The summed E-state index contributed by atoms with van der Waals surface area (Å²) < 4.78 is 11.3. The molecule has 0 amide bonds. The van der Waals surface area contributed by atoms with Crippen LogP contribution in [0.1, 0.15) is 52.5 Å². The predicted molar refractivity (Wildman–Crippen MR) is 79.4 cm³/mol. The second kappa shape index (κ2) is 8.39. The van der Waals surface area contributed by atoms with Crippen LogP contribution in [-0.4, -0.2) is 24.8 Å². The van der Waals surface area contributed by atoms with Gasteiger partial charge in [-0.1, -0.05) is 20.8 Å². The van der Waals surface area contributed by atoms with Crippen molar-refractivity contribution < 1.29 is 9.15 Å². The lowest BCUT2D eigenvalue weighted by molar-refractivity contribution is -0.0718. The van der Waals surface area contributed by atoms with Crippen LogP contribution in [0, 0.1) is 0 Å². The first-order valence-electron chi connectivity index (χ1n) is 7.60. The Balaban J connectivity index is 2.84.